The van der Waals surface area contributed by atoms with Crippen molar-refractivity contribution in [3.63, 3.8) is 0 Å². The summed E-state index contributed by atoms with van der Waals surface area (Å²) in [4.78, 5) is 51.9. The zero-order valence-corrected chi connectivity index (χ0v) is 20.8. The van der Waals surface area contributed by atoms with Crippen LogP contribution in [0.5, 0.6) is 0 Å². The second kappa shape index (κ2) is 11.5. The quantitative estimate of drug-likeness (QED) is 0.0550. The fourth-order valence-corrected chi connectivity index (χ4v) is 3.69. The number of carbonyl (C=O) groups is 4. The van der Waals surface area contributed by atoms with Crippen LogP contribution in [-0.4, -0.2) is 50.2 Å². The van der Waals surface area contributed by atoms with Crippen LogP contribution in [0.25, 0.3) is 10.4 Å². The number of nitrogens with two attached hydrogens (primary N) is 1. The Morgan fingerprint density at radius 3 is 2.26 bits per heavy atom. The van der Waals surface area contributed by atoms with Crippen molar-refractivity contribution in [3.8, 4) is 0 Å². The van der Waals surface area contributed by atoms with Gasteiger partial charge in [-0.15, -0.1) is 0 Å². The molecule has 0 radical (unpaired) electrons. The molecule has 0 bridgehead atoms. The van der Waals surface area contributed by atoms with Crippen molar-refractivity contribution in [2.24, 2.45) is 32.0 Å². The van der Waals surface area contributed by atoms with Gasteiger partial charge in [-0.25, -0.2) is 0 Å². The van der Waals surface area contributed by atoms with Crippen LogP contribution >= 0.6 is 0 Å². The van der Waals surface area contributed by atoms with Crippen molar-refractivity contribution >= 4 is 52.7 Å². The van der Waals surface area contributed by atoms with Crippen molar-refractivity contribution in [3.05, 3.63) is 58.2 Å². The van der Waals surface area contributed by atoms with Gasteiger partial charge in [0.05, 0.1) is 28.6 Å². The molecular weight excluding hydrogens is 496 g/mol. The highest BCUT2D eigenvalue weighted by atomic mass is 16.2. The van der Waals surface area contributed by atoms with E-state index in [2.05, 4.69) is 31.3 Å². The highest BCUT2D eigenvalue weighted by Crippen LogP contribution is 2.33. The molecular formula is C22H26N12O4. The molecule has 16 nitrogen and oxygen atoms in total. The maximum absolute atomic E-state index is 13.1. The third kappa shape index (κ3) is 6.00. The lowest BCUT2D eigenvalue weighted by Gasteiger charge is -2.07. The van der Waals surface area contributed by atoms with E-state index in [4.69, 9.17) is 16.7 Å². The van der Waals surface area contributed by atoms with E-state index < -0.39 is 17.7 Å². The average Bonchev–Trinajstić information content (AvgIpc) is 3.48. The Morgan fingerprint density at radius 2 is 1.63 bits per heavy atom. The van der Waals surface area contributed by atoms with Gasteiger partial charge < -0.3 is 40.7 Å². The van der Waals surface area contributed by atoms with Gasteiger partial charge in [-0.2, -0.15) is 0 Å². The van der Waals surface area contributed by atoms with Crippen molar-refractivity contribution in [1.29, 1.82) is 5.41 Å². The van der Waals surface area contributed by atoms with Gasteiger partial charge in [-0.1, -0.05) is 5.11 Å². The lowest BCUT2D eigenvalue weighted by Crippen LogP contribution is -2.28. The predicted octanol–water partition coefficient (Wildman–Crippen LogP) is 1.77. The molecule has 0 atom stereocenters. The van der Waals surface area contributed by atoms with Gasteiger partial charge in [0.15, 0.2) is 0 Å². The number of nitrogens with one attached hydrogen (secondary N) is 5. The summed E-state index contributed by atoms with van der Waals surface area (Å²) in [6.45, 7) is 0.187. The molecule has 0 spiro atoms. The zero-order chi connectivity index (χ0) is 28.0. The summed E-state index contributed by atoms with van der Waals surface area (Å²) in [7, 11) is 4.77. The topological polar surface area (TPSA) is 230 Å². The number of hydrogen-bond acceptors (Lipinski definition) is 6. The van der Waals surface area contributed by atoms with E-state index in [9.17, 15) is 19.2 Å². The van der Waals surface area contributed by atoms with Gasteiger partial charge in [0, 0.05) is 57.6 Å². The molecule has 3 aromatic rings. The van der Waals surface area contributed by atoms with Crippen molar-refractivity contribution in [2.45, 2.75) is 6.42 Å². The summed E-state index contributed by atoms with van der Waals surface area (Å²) in [5, 5.41) is 21.2. The van der Waals surface area contributed by atoms with Crippen LogP contribution in [0.15, 0.2) is 35.8 Å². The highest BCUT2D eigenvalue weighted by Gasteiger charge is 2.23. The maximum Gasteiger partial charge on any atom is 0.272 e. The molecule has 38 heavy (non-hydrogen) atoms. The molecule has 0 saturated heterocycles. The number of aryl methyl sites for hydroxylation is 3. The molecule has 0 aliphatic carbocycles. The number of amides is 4. The molecule has 3 heterocycles. The van der Waals surface area contributed by atoms with Gasteiger partial charge >= 0.3 is 0 Å². The van der Waals surface area contributed by atoms with Crippen LogP contribution in [0, 0.1) is 5.41 Å². The summed E-state index contributed by atoms with van der Waals surface area (Å²) in [5.74, 6) is -1.69. The Labute approximate surface area is 215 Å². The summed E-state index contributed by atoms with van der Waals surface area (Å²) in [6.07, 6.45) is 5.17. The van der Waals surface area contributed by atoms with Crippen molar-refractivity contribution in [2.75, 3.05) is 22.5 Å². The van der Waals surface area contributed by atoms with Gasteiger partial charge in [-0.3, -0.25) is 24.6 Å². The minimum Gasteiger partial charge on any atom is -0.388 e. The average molecular weight is 523 g/mol. The molecule has 198 valence electrons. The fraction of sp³-hybridized carbons (Fsp3) is 0.227. The minimum atomic E-state index is -0.652. The molecule has 0 aromatic carbocycles. The third-order valence-corrected chi connectivity index (χ3v) is 5.40. The number of rotatable bonds is 11. The van der Waals surface area contributed by atoms with Gasteiger partial charge in [0.2, 0.25) is 6.41 Å². The molecule has 7 N–H and O–H groups in total. The highest BCUT2D eigenvalue weighted by molar-refractivity contribution is 6.12. The molecule has 16 heteroatoms. The van der Waals surface area contributed by atoms with Gasteiger partial charge in [-0.05, 0) is 17.7 Å². The van der Waals surface area contributed by atoms with Crippen LogP contribution in [0.3, 0.4) is 0 Å². The summed E-state index contributed by atoms with van der Waals surface area (Å²) >= 11 is 0. The van der Waals surface area contributed by atoms with E-state index in [1.165, 1.54) is 45.3 Å². The first kappa shape index (κ1) is 27.1. The van der Waals surface area contributed by atoms with Crippen LogP contribution in [0.4, 0.5) is 22.7 Å². The molecule has 3 aromatic heterocycles. The largest absolute Gasteiger partial charge is 0.388 e. The fourth-order valence-electron chi connectivity index (χ4n) is 3.69. The molecule has 0 aliphatic rings. The molecule has 0 unspecified atom stereocenters. The smallest absolute Gasteiger partial charge is 0.272 e. The number of nitrogens with zero attached hydrogens (tertiary/aromatic N) is 6. The monoisotopic (exact) mass is 522 g/mol. The first-order valence-electron chi connectivity index (χ1n) is 11.1. The normalized spacial score (nSPS) is 10.3. The summed E-state index contributed by atoms with van der Waals surface area (Å²) < 4.78 is 4.39. The summed E-state index contributed by atoms with van der Waals surface area (Å²) in [5.41, 5.74) is 15.5. The van der Waals surface area contributed by atoms with Crippen LogP contribution < -0.4 is 27.0 Å². The predicted molar refractivity (Wildman–Crippen MR) is 140 cm³/mol. The van der Waals surface area contributed by atoms with E-state index in [-0.39, 0.29) is 47.3 Å². The van der Waals surface area contributed by atoms with Gasteiger partial charge in [0.25, 0.3) is 17.7 Å². The first-order chi connectivity index (χ1) is 18.0. The lowest BCUT2D eigenvalue weighted by molar-refractivity contribution is -0.105. The molecule has 0 saturated carbocycles. The second-order valence-electron chi connectivity index (χ2n) is 8.19. The Morgan fingerprint density at radius 1 is 1.00 bits per heavy atom. The van der Waals surface area contributed by atoms with Crippen LogP contribution in [0.2, 0.25) is 0 Å². The number of amidine groups is 1. The minimum absolute atomic E-state index is 0.0374. The van der Waals surface area contributed by atoms with E-state index in [0.29, 0.717) is 17.8 Å². The number of aromatic nitrogens is 3. The van der Waals surface area contributed by atoms with E-state index in [1.807, 2.05) is 0 Å². The lowest BCUT2D eigenvalue weighted by atomic mass is 10.3. The number of carbonyl (C=O) groups excluding carboxylic acids is 4. The molecule has 3 rings (SSSR count). The number of anilines is 3. The molecule has 0 aliphatic heterocycles. The van der Waals surface area contributed by atoms with Crippen molar-refractivity contribution < 1.29 is 19.2 Å². The SMILES string of the molecule is Cn1cc(NC(=O)c2c(N=[N+]=[N-])c(NC(=O)c3cc(NC=O)cn3C)cn2C)cc1C(=O)NCCC(=N)N. The summed E-state index contributed by atoms with van der Waals surface area (Å²) in [6, 6.07) is 2.91. The molecule has 0 fully saturated rings. The zero-order valence-electron chi connectivity index (χ0n) is 20.8. The van der Waals surface area contributed by atoms with Gasteiger partial charge in [0.1, 0.15) is 17.1 Å². The maximum atomic E-state index is 13.1. The third-order valence-electron chi connectivity index (χ3n) is 5.40. The second-order valence-corrected chi connectivity index (χ2v) is 8.19. The standard InChI is InChI=1S/C22H26N12O4/c1-32-8-12(27-11-35)6-16(32)21(37)29-14-10-34(3)19(18(14)30-31-25)22(38)28-13-7-15(33(2)9-13)20(36)26-5-4-17(23)24/h6-11H,4-5H2,1-3H3,(H3,23,24)(H,26,36)(H,27,35)(H,28,38)(H,29,37). The Balaban J connectivity index is 1.82. The van der Waals surface area contributed by atoms with Crippen molar-refractivity contribution in [1.82, 2.24) is 19.0 Å². The molecule has 4 amide bonds. The Bertz CT molecular complexity index is 1470. The van der Waals surface area contributed by atoms with Crippen LogP contribution in [0.1, 0.15) is 37.9 Å². The van der Waals surface area contributed by atoms with E-state index in [1.54, 1.807) is 20.3 Å². The first-order valence-corrected chi connectivity index (χ1v) is 11.1. The van der Waals surface area contributed by atoms with Crippen LogP contribution in [-0.2, 0) is 25.9 Å². The number of azide groups is 1. The van der Waals surface area contributed by atoms with E-state index >= 15 is 0 Å². The Hall–Kier alpha value is -5.50. The van der Waals surface area contributed by atoms with E-state index in [0.717, 1.165) is 0 Å². The number of hydrogen-bond donors (Lipinski definition) is 6. The Kier molecular flexibility index (Phi) is 8.19.